The topological polar surface area (TPSA) is 87.7 Å². The van der Waals surface area contributed by atoms with E-state index < -0.39 is 11.8 Å². The van der Waals surface area contributed by atoms with Crippen LogP contribution in [0.15, 0.2) is 48.5 Å². The highest BCUT2D eigenvalue weighted by Gasteiger charge is 2.18. The maximum Gasteiger partial charge on any atom is 0.314 e. The first-order valence-electron chi connectivity index (χ1n) is 8.08. The summed E-state index contributed by atoms with van der Waals surface area (Å²) < 4.78 is 5.19. The number of hydrogen-bond acceptors (Lipinski definition) is 4. The number of benzene rings is 3. The van der Waals surface area contributed by atoms with Crippen molar-refractivity contribution in [2.75, 3.05) is 17.7 Å². The van der Waals surface area contributed by atoms with Crippen LogP contribution < -0.4 is 15.4 Å². The van der Waals surface area contributed by atoms with Crippen LogP contribution in [-0.4, -0.2) is 24.0 Å². The number of phenols is 1. The summed E-state index contributed by atoms with van der Waals surface area (Å²) in [4.78, 5) is 24.7. The maximum absolute atomic E-state index is 12.3. The lowest BCUT2D eigenvalue weighted by molar-refractivity contribution is -0.132. The third-order valence-electron chi connectivity index (χ3n) is 4.08. The van der Waals surface area contributed by atoms with Crippen LogP contribution in [-0.2, 0) is 9.59 Å². The molecule has 6 nitrogen and oxygen atoms in total. The number of methoxy groups -OCH3 is 1. The summed E-state index contributed by atoms with van der Waals surface area (Å²) in [6.07, 6.45) is 0. The van der Waals surface area contributed by atoms with Crippen LogP contribution in [0.5, 0.6) is 11.5 Å². The zero-order chi connectivity index (χ0) is 19.6. The van der Waals surface area contributed by atoms with Gasteiger partial charge in [0, 0.05) is 27.5 Å². The van der Waals surface area contributed by atoms with E-state index in [9.17, 15) is 14.7 Å². The molecular formula is C20H17ClN2O4. The zero-order valence-corrected chi connectivity index (χ0v) is 15.4. The lowest BCUT2D eigenvalue weighted by Crippen LogP contribution is -2.29. The molecule has 0 unspecified atom stereocenters. The van der Waals surface area contributed by atoms with Crippen molar-refractivity contribution in [1.82, 2.24) is 0 Å². The minimum atomic E-state index is -0.854. The summed E-state index contributed by atoms with van der Waals surface area (Å²) >= 11 is 6.05. The first-order valence-corrected chi connectivity index (χ1v) is 8.45. The smallest absolute Gasteiger partial charge is 0.314 e. The van der Waals surface area contributed by atoms with E-state index in [4.69, 9.17) is 16.3 Å². The lowest BCUT2D eigenvalue weighted by atomic mass is 10.1. The van der Waals surface area contributed by atoms with Gasteiger partial charge in [-0.05, 0) is 30.7 Å². The standard InChI is InChI=1S/C20H17ClN2O4/c1-11-9-16(18(27-2)10-14(11)21)23-20(26)19(25)22-15-7-3-6-13-12(15)5-4-8-17(13)24/h3-10,24H,1-2H3,(H,22,25)(H,23,26). The molecule has 2 amide bonds. The predicted octanol–water partition coefficient (Wildman–Crippen LogP) is 4.09. The second kappa shape index (κ2) is 7.55. The Labute approximate surface area is 160 Å². The molecule has 0 aromatic heterocycles. The van der Waals surface area contributed by atoms with Gasteiger partial charge in [-0.25, -0.2) is 0 Å². The van der Waals surface area contributed by atoms with Crippen LogP contribution in [0.1, 0.15) is 5.56 Å². The normalized spacial score (nSPS) is 10.5. The number of aromatic hydroxyl groups is 1. The number of fused-ring (bicyclic) bond motifs is 1. The molecule has 0 saturated carbocycles. The molecule has 3 aromatic carbocycles. The Morgan fingerprint density at radius 1 is 0.963 bits per heavy atom. The van der Waals surface area contributed by atoms with Crippen molar-refractivity contribution in [2.45, 2.75) is 6.92 Å². The third kappa shape index (κ3) is 3.80. The monoisotopic (exact) mass is 384 g/mol. The molecule has 0 radical (unpaired) electrons. The summed E-state index contributed by atoms with van der Waals surface area (Å²) in [7, 11) is 1.44. The maximum atomic E-state index is 12.3. The minimum absolute atomic E-state index is 0.0921. The number of carbonyl (C=O) groups excluding carboxylic acids is 2. The molecule has 0 aliphatic carbocycles. The minimum Gasteiger partial charge on any atom is -0.507 e. The van der Waals surface area contributed by atoms with Crippen molar-refractivity contribution in [1.29, 1.82) is 0 Å². The Kier molecular flexibility index (Phi) is 5.19. The van der Waals surface area contributed by atoms with Crippen LogP contribution in [0.25, 0.3) is 10.8 Å². The van der Waals surface area contributed by atoms with E-state index in [1.807, 2.05) is 0 Å². The van der Waals surface area contributed by atoms with Gasteiger partial charge in [0.05, 0.1) is 12.8 Å². The van der Waals surface area contributed by atoms with E-state index in [0.29, 0.717) is 32.9 Å². The number of anilines is 2. The molecule has 0 aliphatic heterocycles. The number of carbonyl (C=O) groups is 2. The first-order chi connectivity index (χ1) is 12.9. The van der Waals surface area contributed by atoms with Crippen LogP contribution in [0, 0.1) is 6.92 Å². The molecule has 7 heteroatoms. The van der Waals surface area contributed by atoms with E-state index in [-0.39, 0.29) is 5.75 Å². The Bertz CT molecular complexity index is 1050. The average Bonchev–Trinajstić information content (AvgIpc) is 2.65. The second-order valence-corrected chi connectivity index (χ2v) is 6.29. The Hall–Kier alpha value is -3.25. The largest absolute Gasteiger partial charge is 0.507 e. The summed E-state index contributed by atoms with van der Waals surface area (Å²) in [5, 5.41) is 16.7. The summed E-state index contributed by atoms with van der Waals surface area (Å²) in [5.41, 5.74) is 1.50. The molecule has 138 valence electrons. The molecular weight excluding hydrogens is 368 g/mol. The van der Waals surface area contributed by atoms with Gasteiger partial charge < -0.3 is 20.5 Å². The third-order valence-corrected chi connectivity index (χ3v) is 4.49. The number of ether oxygens (including phenoxy) is 1. The zero-order valence-electron chi connectivity index (χ0n) is 14.7. The first kappa shape index (κ1) is 18.5. The van der Waals surface area contributed by atoms with Gasteiger partial charge in [-0.1, -0.05) is 35.9 Å². The van der Waals surface area contributed by atoms with Gasteiger partial charge in [0.1, 0.15) is 11.5 Å². The number of aryl methyl sites for hydroxylation is 1. The van der Waals surface area contributed by atoms with Crippen molar-refractivity contribution >= 4 is 45.6 Å². The lowest BCUT2D eigenvalue weighted by Gasteiger charge is -2.13. The van der Waals surface area contributed by atoms with Crippen LogP contribution >= 0.6 is 11.6 Å². The van der Waals surface area contributed by atoms with Crippen LogP contribution in [0.4, 0.5) is 11.4 Å². The average molecular weight is 385 g/mol. The van der Waals surface area contributed by atoms with Crippen LogP contribution in [0.3, 0.4) is 0 Å². The fourth-order valence-electron chi connectivity index (χ4n) is 2.69. The van der Waals surface area contributed by atoms with Crippen molar-refractivity contribution in [3.05, 3.63) is 59.1 Å². The molecule has 3 N–H and O–H groups in total. The molecule has 0 fully saturated rings. The van der Waals surface area contributed by atoms with E-state index >= 15 is 0 Å². The van der Waals surface area contributed by atoms with Crippen molar-refractivity contribution in [2.24, 2.45) is 0 Å². The van der Waals surface area contributed by atoms with E-state index in [2.05, 4.69) is 10.6 Å². The highest BCUT2D eigenvalue weighted by molar-refractivity contribution is 6.44. The fourth-order valence-corrected chi connectivity index (χ4v) is 2.84. The van der Waals surface area contributed by atoms with Crippen molar-refractivity contribution in [3.8, 4) is 11.5 Å². The van der Waals surface area contributed by atoms with Crippen LogP contribution in [0.2, 0.25) is 5.02 Å². The predicted molar refractivity (Wildman–Crippen MR) is 106 cm³/mol. The number of amides is 2. The quantitative estimate of drug-likeness (QED) is 0.593. The molecule has 0 heterocycles. The highest BCUT2D eigenvalue weighted by atomic mass is 35.5. The molecule has 3 aromatic rings. The Morgan fingerprint density at radius 3 is 2.30 bits per heavy atom. The van der Waals surface area contributed by atoms with E-state index in [1.54, 1.807) is 55.5 Å². The summed E-state index contributed by atoms with van der Waals surface area (Å²) in [6, 6.07) is 13.2. The number of phenolic OH excluding ortho intramolecular Hbond substituents is 1. The SMILES string of the molecule is COc1cc(Cl)c(C)cc1NC(=O)C(=O)Nc1cccc2c(O)cccc12. The molecule has 0 atom stereocenters. The molecule has 0 saturated heterocycles. The van der Waals surface area contributed by atoms with Gasteiger partial charge in [0.15, 0.2) is 0 Å². The molecule has 27 heavy (non-hydrogen) atoms. The van der Waals surface area contributed by atoms with Gasteiger partial charge in [-0.15, -0.1) is 0 Å². The molecule has 0 bridgehead atoms. The molecule has 0 spiro atoms. The van der Waals surface area contributed by atoms with Gasteiger partial charge in [-0.2, -0.15) is 0 Å². The fraction of sp³-hybridized carbons (Fsp3) is 0.100. The molecule has 3 rings (SSSR count). The van der Waals surface area contributed by atoms with Crippen molar-refractivity contribution < 1.29 is 19.4 Å². The summed E-state index contributed by atoms with van der Waals surface area (Å²) in [6.45, 7) is 1.78. The van der Waals surface area contributed by atoms with Gasteiger partial charge in [-0.3, -0.25) is 9.59 Å². The van der Waals surface area contributed by atoms with Gasteiger partial charge in [0.25, 0.3) is 0 Å². The number of rotatable bonds is 3. The number of nitrogens with one attached hydrogen (secondary N) is 2. The van der Waals surface area contributed by atoms with Gasteiger partial charge in [0.2, 0.25) is 0 Å². The Balaban J connectivity index is 1.83. The molecule has 0 aliphatic rings. The second-order valence-electron chi connectivity index (χ2n) is 5.89. The highest BCUT2D eigenvalue weighted by Crippen LogP contribution is 2.32. The van der Waals surface area contributed by atoms with E-state index in [1.165, 1.54) is 7.11 Å². The number of hydrogen-bond donors (Lipinski definition) is 3. The summed E-state index contributed by atoms with van der Waals surface area (Å²) in [5.74, 6) is -1.26. The number of halogens is 1. The van der Waals surface area contributed by atoms with Gasteiger partial charge >= 0.3 is 11.8 Å². The van der Waals surface area contributed by atoms with E-state index in [0.717, 1.165) is 5.56 Å². The Morgan fingerprint density at radius 2 is 1.59 bits per heavy atom. The van der Waals surface area contributed by atoms with Crippen molar-refractivity contribution in [3.63, 3.8) is 0 Å².